The molecule has 0 saturated carbocycles. The molecule has 2 aliphatic heterocycles. The Morgan fingerprint density at radius 1 is 1.21 bits per heavy atom. The minimum atomic E-state index is -3.76. The first-order valence-corrected chi connectivity index (χ1v) is 10.5. The van der Waals surface area contributed by atoms with E-state index >= 15 is 0 Å². The number of ether oxygens (including phenoxy) is 2. The third-order valence-corrected chi connectivity index (χ3v) is 5.67. The number of alkyl halides is 2. The molecule has 2 aliphatic rings. The predicted octanol–water partition coefficient (Wildman–Crippen LogP) is 3.21. The van der Waals surface area contributed by atoms with Crippen LogP contribution in [0.3, 0.4) is 0 Å². The summed E-state index contributed by atoms with van der Waals surface area (Å²) in [5, 5.41) is 14.6. The number of amides is 3. The number of primary amides is 1. The summed E-state index contributed by atoms with van der Waals surface area (Å²) in [5.41, 5.74) is 7.12. The van der Waals surface area contributed by atoms with Gasteiger partial charge in [0.05, 0.1) is 17.8 Å². The molecule has 3 amide bonds. The molecule has 4 rings (SSSR count). The highest BCUT2D eigenvalue weighted by Gasteiger charge is 2.43. The van der Waals surface area contributed by atoms with Gasteiger partial charge < -0.3 is 30.7 Å². The maximum atomic E-state index is 13.2. The van der Waals surface area contributed by atoms with Crippen LogP contribution in [0, 0.1) is 12.3 Å². The Morgan fingerprint density at radius 3 is 2.65 bits per heavy atom. The Balaban J connectivity index is 1.53. The highest BCUT2D eigenvalue weighted by Crippen LogP contribution is 2.42. The zero-order valence-corrected chi connectivity index (χ0v) is 18.6. The fourth-order valence-corrected chi connectivity index (χ4v) is 3.73. The molecule has 1 fully saturated rings. The molecule has 2 heterocycles. The van der Waals surface area contributed by atoms with Crippen LogP contribution in [0.1, 0.15) is 11.1 Å². The van der Waals surface area contributed by atoms with E-state index < -0.39 is 18.2 Å². The second kappa shape index (κ2) is 8.82. The van der Waals surface area contributed by atoms with Crippen LogP contribution in [0.2, 0.25) is 5.02 Å². The number of carbonyl (C=O) groups is 2. The van der Waals surface area contributed by atoms with E-state index in [4.69, 9.17) is 22.7 Å². The Bertz CT molecular complexity index is 1230. The fourth-order valence-electron chi connectivity index (χ4n) is 3.55. The van der Waals surface area contributed by atoms with Gasteiger partial charge in [-0.2, -0.15) is 0 Å². The van der Waals surface area contributed by atoms with E-state index in [1.807, 2.05) is 6.92 Å². The molecular weight excluding hydrogens is 472 g/mol. The number of aryl methyl sites for hydroxylation is 1. The number of hydrogen-bond donors (Lipinski definition) is 4. The van der Waals surface area contributed by atoms with E-state index in [9.17, 15) is 18.4 Å². The highest BCUT2D eigenvalue weighted by atomic mass is 35.5. The molecule has 0 unspecified atom stereocenters. The lowest BCUT2D eigenvalue weighted by molar-refractivity contribution is -0.286. The van der Waals surface area contributed by atoms with Crippen molar-refractivity contribution in [3.8, 4) is 11.5 Å². The van der Waals surface area contributed by atoms with Crippen molar-refractivity contribution >= 4 is 34.9 Å². The number of halogens is 3. The molecule has 5 N–H and O–H groups in total. The lowest BCUT2D eigenvalue weighted by Crippen LogP contribution is -2.48. The number of rotatable bonds is 4. The van der Waals surface area contributed by atoms with Crippen LogP contribution in [0.15, 0.2) is 47.7 Å². The average molecular weight is 492 g/mol. The molecule has 9 nitrogen and oxygen atoms in total. The van der Waals surface area contributed by atoms with Crippen LogP contribution in [-0.4, -0.2) is 48.5 Å². The number of hydrogen-bond acceptors (Lipinski definition) is 6. The third kappa shape index (κ3) is 4.74. The Hall–Kier alpha value is -3.86. The van der Waals surface area contributed by atoms with Crippen molar-refractivity contribution in [2.24, 2.45) is 5.73 Å². The minimum Gasteiger partial charge on any atom is -0.395 e. The van der Waals surface area contributed by atoms with Gasteiger partial charge in [0, 0.05) is 41.1 Å². The van der Waals surface area contributed by atoms with Crippen LogP contribution in [0.25, 0.3) is 0 Å². The van der Waals surface area contributed by atoms with E-state index in [1.165, 1.54) is 23.1 Å². The molecule has 2 aromatic carbocycles. The topological polar surface area (TPSA) is 130 Å². The van der Waals surface area contributed by atoms with Gasteiger partial charge in [0.25, 0.3) is 5.91 Å². The van der Waals surface area contributed by atoms with E-state index in [0.717, 1.165) is 5.56 Å². The molecule has 0 atom stereocenters. The summed E-state index contributed by atoms with van der Waals surface area (Å²) in [6.07, 6.45) is -3.76. The maximum absolute atomic E-state index is 13.2. The van der Waals surface area contributed by atoms with E-state index in [-0.39, 0.29) is 41.6 Å². The van der Waals surface area contributed by atoms with Crippen LogP contribution in [0.5, 0.6) is 11.5 Å². The molecule has 0 aliphatic carbocycles. The van der Waals surface area contributed by atoms with Crippen LogP contribution < -0.4 is 25.8 Å². The highest BCUT2D eigenvalue weighted by molar-refractivity contribution is 6.33. The zero-order valence-electron chi connectivity index (χ0n) is 17.9. The van der Waals surface area contributed by atoms with Gasteiger partial charge >= 0.3 is 12.3 Å². The number of nitrogens with zero attached hydrogens (tertiary/aromatic N) is 1. The van der Waals surface area contributed by atoms with Gasteiger partial charge in [-0.1, -0.05) is 23.7 Å². The van der Waals surface area contributed by atoms with Gasteiger partial charge in [-0.25, -0.2) is 4.79 Å². The summed E-state index contributed by atoms with van der Waals surface area (Å²) >= 11 is 6.16. The van der Waals surface area contributed by atoms with E-state index in [0.29, 0.717) is 22.8 Å². The molecule has 34 heavy (non-hydrogen) atoms. The molecule has 1 saturated heterocycles. The van der Waals surface area contributed by atoms with Crippen molar-refractivity contribution in [1.82, 2.24) is 10.2 Å². The van der Waals surface area contributed by atoms with Crippen molar-refractivity contribution in [1.29, 1.82) is 5.41 Å². The lowest BCUT2D eigenvalue weighted by Gasteiger charge is -2.31. The van der Waals surface area contributed by atoms with E-state index in [1.54, 1.807) is 18.2 Å². The number of anilines is 1. The summed E-state index contributed by atoms with van der Waals surface area (Å²) in [6.45, 7) is 2.37. The normalized spacial score (nSPS) is 17.6. The SMILES string of the molecule is Cc1ccc(C(=N)/C(C(N)=O)=C2/CN(C(=O)Nc3ccc4c(c3)OC(F)(F)O4)CCN2)cc1Cl. The lowest BCUT2D eigenvalue weighted by atomic mass is 9.98. The van der Waals surface area contributed by atoms with Gasteiger partial charge in [-0.3, -0.25) is 10.2 Å². The fraction of sp³-hybridized carbons (Fsp3) is 0.227. The predicted molar refractivity (Wildman–Crippen MR) is 120 cm³/mol. The van der Waals surface area contributed by atoms with Gasteiger partial charge in [-0.15, -0.1) is 8.78 Å². The number of urea groups is 1. The van der Waals surface area contributed by atoms with Crippen molar-refractivity contribution in [3.05, 3.63) is 63.8 Å². The maximum Gasteiger partial charge on any atom is 0.586 e. The molecule has 0 radical (unpaired) electrons. The third-order valence-electron chi connectivity index (χ3n) is 5.27. The Morgan fingerprint density at radius 2 is 1.94 bits per heavy atom. The molecule has 0 aromatic heterocycles. The number of benzene rings is 2. The number of carbonyl (C=O) groups excluding carboxylic acids is 2. The van der Waals surface area contributed by atoms with Crippen molar-refractivity contribution in [2.75, 3.05) is 25.0 Å². The summed E-state index contributed by atoms with van der Waals surface area (Å²) in [4.78, 5) is 26.4. The molecule has 12 heteroatoms. The summed E-state index contributed by atoms with van der Waals surface area (Å²) in [6, 6.07) is 8.28. The molecular formula is C22H20ClF2N5O4. The second-order valence-electron chi connectivity index (χ2n) is 7.66. The second-order valence-corrected chi connectivity index (χ2v) is 8.07. The average Bonchev–Trinajstić information content (AvgIpc) is 3.08. The first-order chi connectivity index (χ1) is 16.0. The first-order valence-electron chi connectivity index (χ1n) is 10.1. The van der Waals surface area contributed by atoms with Crippen molar-refractivity contribution in [2.45, 2.75) is 13.2 Å². The molecule has 0 bridgehead atoms. The van der Waals surface area contributed by atoms with Crippen LogP contribution >= 0.6 is 11.6 Å². The Labute approximate surface area is 198 Å². The standard InChI is InChI=1S/C22H20ClF2N5O4/c1-11-2-3-12(8-14(11)23)19(26)18(20(27)31)15-10-30(7-6-28-15)21(32)29-13-4-5-16-17(9-13)34-22(24,25)33-16/h2-5,8-9,26,28H,6-7,10H2,1H3,(H2,27,31)(H,29,32)/b18-15+,26-19?. The van der Waals surface area contributed by atoms with Crippen LogP contribution in [0.4, 0.5) is 19.3 Å². The molecule has 2 aromatic rings. The molecule has 0 spiro atoms. The summed E-state index contributed by atoms with van der Waals surface area (Å²) < 4.78 is 35.2. The first kappa shape index (κ1) is 23.3. The largest absolute Gasteiger partial charge is 0.586 e. The number of nitrogens with two attached hydrogens (primary N) is 1. The summed E-state index contributed by atoms with van der Waals surface area (Å²) in [7, 11) is 0. The zero-order chi connectivity index (χ0) is 24.6. The number of fused-ring (bicyclic) bond motifs is 1. The Kier molecular flexibility index (Phi) is 6.05. The van der Waals surface area contributed by atoms with Gasteiger partial charge in [-0.05, 0) is 30.7 Å². The number of nitrogens with one attached hydrogen (secondary N) is 3. The smallest absolute Gasteiger partial charge is 0.395 e. The van der Waals surface area contributed by atoms with Crippen molar-refractivity contribution < 1.29 is 27.8 Å². The van der Waals surface area contributed by atoms with Gasteiger partial charge in [0.2, 0.25) is 0 Å². The monoisotopic (exact) mass is 491 g/mol. The van der Waals surface area contributed by atoms with E-state index in [2.05, 4.69) is 20.1 Å². The van der Waals surface area contributed by atoms with Gasteiger partial charge in [0.15, 0.2) is 11.5 Å². The number of piperazine rings is 1. The van der Waals surface area contributed by atoms with Gasteiger partial charge in [0.1, 0.15) is 0 Å². The summed E-state index contributed by atoms with van der Waals surface area (Å²) in [5.74, 6) is -1.18. The van der Waals surface area contributed by atoms with Crippen LogP contribution in [-0.2, 0) is 4.79 Å². The molecule has 178 valence electrons. The minimum absolute atomic E-state index is 0.0330. The van der Waals surface area contributed by atoms with Crippen molar-refractivity contribution in [3.63, 3.8) is 0 Å². The quantitative estimate of drug-likeness (QED) is 0.385.